The van der Waals surface area contributed by atoms with Gasteiger partial charge in [0, 0.05) is 13.0 Å². The van der Waals surface area contributed by atoms with E-state index in [1.54, 1.807) is 12.4 Å². The first-order valence-electron chi connectivity index (χ1n) is 5.91. The summed E-state index contributed by atoms with van der Waals surface area (Å²) in [5, 5.41) is 3.54. The summed E-state index contributed by atoms with van der Waals surface area (Å²) in [7, 11) is 1.38. The fourth-order valence-electron chi connectivity index (χ4n) is 2.06. The molecule has 2 rings (SSSR count). The molecule has 1 atom stereocenters. The second-order valence-corrected chi connectivity index (χ2v) is 4.56. The summed E-state index contributed by atoms with van der Waals surface area (Å²) in [6.07, 6.45) is 3.83. The quantitative estimate of drug-likeness (QED) is 0.473. The lowest BCUT2D eigenvalue weighted by atomic mass is 10.0. The van der Waals surface area contributed by atoms with E-state index >= 15 is 0 Å². The maximum atomic E-state index is 11.9. The van der Waals surface area contributed by atoms with E-state index in [4.69, 9.17) is 17.0 Å². The number of aromatic nitrogens is 2. The number of ether oxygens (including phenoxy) is 1. The number of imidazole rings is 1. The first-order valence-corrected chi connectivity index (χ1v) is 6.32. The van der Waals surface area contributed by atoms with Crippen molar-refractivity contribution in [2.24, 2.45) is 0 Å². The van der Waals surface area contributed by atoms with Crippen LogP contribution >= 0.6 is 12.2 Å². The molecule has 7 heteroatoms. The summed E-state index contributed by atoms with van der Waals surface area (Å²) >= 11 is 5.31. The SMILES string of the molecule is C=CCNC(=S)N1Cc2[nH]cnc2CC1C(=O)OC. The van der Waals surface area contributed by atoms with Crippen molar-refractivity contribution in [1.82, 2.24) is 20.2 Å². The van der Waals surface area contributed by atoms with Crippen molar-refractivity contribution in [2.45, 2.75) is 19.0 Å². The summed E-state index contributed by atoms with van der Waals surface area (Å²) < 4.78 is 4.84. The van der Waals surface area contributed by atoms with Crippen LogP contribution in [0.1, 0.15) is 11.4 Å². The highest BCUT2D eigenvalue weighted by molar-refractivity contribution is 7.80. The zero-order valence-electron chi connectivity index (χ0n) is 10.7. The molecule has 1 aromatic rings. The summed E-state index contributed by atoms with van der Waals surface area (Å²) in [5.74, 6) is -0.309. The lowest BCUT2D eigenvalue weighted by Crippen LogP contribution is -2.52. The van der Waals surface area contributed by atoms with E-state index in [2.05, 4.69) is 21.9 Å². The number of H-pyrrole nitrogens is 1. The molecule has 0 spiro atoms. The predicted molar refractivity (Wildman–Crippen MR) is 74.4 cm³/mol. The molecule has 1 aliphatic rings. The number of rotatable bonds is 3. The average Bonchev–Trinajstić information content (AvgIpc) is 2.89. The van der Waals surface area contributed by atoms with Crippen LogP contribution in [0.2, 0.25) is 0 Å². The number of aromatic amines is 1. The second-order valence-electron chi connectivity index (χ2n) is 4.17. The van der Waals surface area contributed by atoms with E-state index in [1.807, 2.05) is 4.90 Å². The molecule has 0 aromatic carbocycles. The van der Waals surface area contributed by atoms with Crippen LogP contribution in [-0.4, -0.2) is 45.6 Å². The molecule has 2 N–H and O–H groups in total. The molecule has 1 aliphatic heterocycles. The number of hydrogen-bond donors (Lipinski definition) is 2. The highest BCUT2D eigenvalue weighted by Gasteiger charge is 2.35. The molecule has 0 bridgehead atoms. The first-order chi connectivity index (χ1) is 9.17. The zero-order valence-corrected chi connectivity index (χ0v) is 11.5. The van der Waals surface area contributed by atoms with Gasteiger partial charge >= 0.3 is 5.97 Å². The number of nitrogens with zero attached hydrogens (tertiary/aromatic N) is 2. The topological polar surface area (TPSA) is 70.2 Å². The van der Waals surface area contributed by atoms with Crippen molar-refractivity contribution in [1.29, 1.82) is 0 Å². The minimum atomic E-state index is -0.439. The Morgan fingerprint density at radius 1 is 1.84 bits per heavy atom. The molecule has 2 heterocycles. The number of methoxy groups -OCH3 is 1. The number of thiocarbonyl (C=S) groups is 1. The van der Waals surface area contributed by atoms with Crippen LogP contribution in [0.5, 0.6) is 0 Å². The highest BCUT2D eigenvalue weighted by Crippen LogP contribution is 2.21. The Hall–Kier alpha value is -1.89. The van der Waals surface area contributed by atoms with E-state index < -0.39 is 6.04 Å². The van der Waals surface area contributed by atoms with Crippen LogP contribution in [0.15, 0.2) is 19.0 Å². The third-order valence-electron chi connectivity index (χ3n) is 3.03. The normalized spacial score (nSPS) is 17.5. The molecule has 0 amide bonds. The first kappa shape index (κ1) is 13.5. The van der Waals surface area contributed by atoms with Gasteiger partial charge in [-0.05, 0) is 12.2 Å². The van der Waals surface area contributed by atoms with Crippen molar-refractivity contribution >= 4 is 23.3 Å². The Labute approximate surface area is 116 Å². The van der Waals surface area contributed by atoms with Gasteiger partial charge in [0.1, 0.15) is 6.04 Å². The largest absolute Gasteiger partial charge is 0.467 e. The molecular weight excluding hydrogens is 264 g/mol. The molecular formula is C12H16N4O2S. The zero-order chi connectivity index (χ0) is 13.8. The van der Waals surface area contributed by atoms with Gasteiger partial charge in [-0.15, -0.1) is 6.58 Å². The van der Waals surface area contributed by atoms with E-state index in [-0.39, 0.29) is 5.97 Å². The number of fused-ring (bicyclic) bond motifs is 1. The van der Waals surface area contributed by atoms with Crippen LogP contribution in [0.3, 0.4) is 0 Å². The fraction of sp³-hybridized carbons (Fsp3) is 0.417. The van der Waals surface area contributed by atoms with Gasteiger partial charge in [-0.2, -0.15) is 0 Å². The molecule has 102 valence electrons. The van der Waals surface area contributed by atoms with Crippen LogP contribution in [0.25, 0.3) is 0 Å². The summed E-state index contributed by atoms with van der Waals surface area (Å²) in [6.45, 7) is 4.69. The maximum Gasteiger partial charge on any atom is 0.328 e. The smallest absolute Gasteiger partial charge is 0.328 e. The van der Waals surface area contributed by atoms with Gasteiger partial charge in [0.15, 0.2) is 5.11 Å². The van der Waals surface area contributed by atoms with Gasteiger partial charge in [0.05, 0.1) is 31.4 Å². The molecule has 0 saturated carbocycles. The van der Waals surface area contributed by atoms with E-state index in [0.29, 0.717) is 24.6 Å². The van der Waals surface area contributed by atoms with E-state index in [1.165, 1.54) is 7.11 Å². The molecule has 6 nitrogen and oxygen atoms in total. The van der Waals surface area contributed by atoms with Gasteiger partial charge in [-0.1, -0.05) is 6.08 Å². The van der Waals surface area contributed by atoms with Crippen molar-refractivity contribution in [3.8, 4) is 0 Å². The standard InChI is InChI=1S/C12H16N4O2S/c1-3-4-13-12(19)16-6-9-8(14-7-15-9)5-10(16)11(17)18-2/h3,7,10H,1,4-6H2,2H3,(H,13,19)(H,14,15). The second kappa shape index (κ2) is 5.83. The number of nitrogens with one attached hydrogen (secondary N) is 2. The Balaban J connectivity index is 2.20. The lowest BCUT2D eigenvalue weighted by Gasteiger charge is -2.35. The Kier molecular flexibility index (Phi) is 4.16. The Morgan fingerprint density at radius 2 is 2.63 bits per heavy atom. The number of esters is 1. The number of hydrogen-bond acceptors (Lipinski definition) is 4. The van der Waals surface area contributed by atoms with Crippen molar-refractivity contribution < 1.29 is 9.53 Å². The van der Waals surface area contributed by atoms with Crippen LogP contribution in [0, 0.1) is 0 Å². The molecule has 0 fully saturated rings. The summed E-state index contributed by atoms with van der Waals surface area (Å²) in [5.41, 5.74) is 1.86. The number of carbonyl (C=O) groups is 1. The third-order valence-corrected chi connectivity index (χ3v) is 3.41. The Morgan fingerprint density at radius 3 is 3.32 bits per heavy atom. The monoisotopic (exact) mass is 280 g/mol. The van der Waals surface area contributed by atoms with Crippen molar-refractivity contribution in [3.05, 3.63) is 30.4 Å². The summed E-state index contributed by atoms with van der Waals surface area (Å²) in [4.78, 5) is 21.0. The molecule has 0 aliphatic carbocycles. The molecule has 0 saturated heterocycles. The van der Waals surface area contributed by atoms with Gasteiger partial charge in [-0.25, -0.2) is 9.78 Å². The van der Waals surface area contributed by atoms with Crippen LogP contribution in [0.4, 0.5) is 0 Å². The predicted octanol–water partition coefficient (Wildman–Crippen LogP) is 0.370. The third kappa shape index (κ3) is 2.76. The number of carbonyl (C=O) groups excluding carboxylic acids is 1. The molecule has 1 unspecified atom stereocenters. The van der Waals surface area contributed by atoms with Gasteiger partial charge < -0.3 is 19.9 Å². The van der Waals surface area contributed by atoms with Crippen molar-refractivity contribution in [2.75, 3.05) is 13.7 Å². The lowest BCUT2D eigenvalue weighted by molar-refractivity contribution is -0.145. The van der Waals surface area contributed by atoms with Gasteiger partial charge in [0.2, 0.25) is 0 Å². The molecule has 1 aromatic heterocycles. The van der Waals surface area contributed by atoms with Gasteiger partial charge in [0.25, 0.3) is 0 Å². The molecule has 0 radical (unpaired) electrons. The highest BCUT2D eigenvalue weighted by atomic mass is 32.1. The minimum absolute atomic E-state index is 0.309. The molecule has 19 heavy (non-hydrogen) atoms. The minimum Gasteiger partial charge on any atom is -0.467 e. The maximum absolute atomic E-state index is 11.9. The van der Waals surface area contributed by atoms with Crippen LogP contribution in [-0.2, 0) is 22.5 Å². The Bertz CT molecular complexity index is 500. The fourth-order valence-corrected chi connectivity index (χ4v) is 2.33. The van der Waals surface area contributed by atoms with Crippen molar-refractivity contribution in [3.63, 3.8) is 0 Å². The average molecular weight is 280 g/mol. The van der Waals surface area contributed by atoms with E-state index in [0.717, 1.165) is 11.4 Å². The summed E-state index contributed by atoms with van der Waals surface area (Å²) in [6, 6.07) is -0.439. The van der Waals surface area contributed by atoms with Gasteiger partial charge in [-0.3, -0.25) is 0 Å². The van der Waals surface area contributed by atoms with Crippen LogP contribution < -0.4 is 5.32 Å². The van der Waals surface area contributed by atoms with E-state index in [9.17, 15) is 4.79 Å².